The van der Waals surface area contributed by atoms with E-state index in [4.69, 9.17) is 5.73 Å². The number of rotatable bonds is 3. The molecule has 0 bridgehead atoms. The van der Waals surface area contributed by atoms with Crippen LogP contribution in [0.1, 0.15) is 29.6 Å². The lowest BCUT2D eigenvalue weighted by atomic mass is 10.1. The van der Waals surface area contributed by atoms with Crippen LogP contribution >= 0.6 is 24.8 Å². The van der Waals surface area contributed by atoms with Crippen LogP contribution in [0.2, 0.25) is 0 Å². The van der Waals surface area contributed by atoms with Gasteiger partial charge in [0.25, 0.3) is 5.91 Å². The summed E-state index contributed by atoms with van der Waals surface area (Å²) in [6.07, 6.45) is 3.78. The average Bonchev–Trinajstić information content (AvgIpc) is 3.11. The van der Waals surface area contributed by atoms with Crippen molar-refractivity contribution in [3.8, 4) is 0 Å². The highest BCUT2D eigenvalue weighted by atomic mass is 35.5. The van der Waals surface area contributed by atoms with E-state index in [1.165, 1.54) is 25.9 Å². The molecule has 0 spiro atoms. The van der Waals surface area contributed by atoms with Crippen LogP contribution in [-0.4, -0.2) is 48.4 Å². The molecule has 3 rings (SSSR count). The lowest BCUT2D eigenvalue weighted by Gasteiger charge is -2.21. The number of nitrogens with zero attached hydrogens (tertiary/aromatic N) is 2. The summed E-state index contributed by atoms with van der Waals surface area (Å²) in [5.41, 5.74) is 7.13. The summed E-state index contributed by atoms with van der Waals surface area (Å²) in [5.74, 6) is 0.717. The molecule has 22 heavy (non-hydrogen) atoms. The maximum absolute atomic E-state index is 12.5. The number of hydrogen-bond acceptors (Lipinski definition) is 3. The van der Waals surface area contributed by atoms with Gasteiger partial charge in [0.15, 0.2) is 0 Å². The average molecular weight is 346 g/mol. The first-order chi connectivity index (χ1) is 9.74. The number of benzene rings is 1. The number of amides is 1. The minimum atomic E-state index is 0. The van der Waals surface area contributed by atoms with E-state index in [2.05, 4.69) is 4.90 Å². The predicted octanol–water partition coefficient (Wildman–Crippen LogP) is 2.67. The van der Waals surface area contributed by atoms with Crippen LogP contribution in [0.5, 0.6) is 0 Å². The van der Waals surface area contributed by atoms with E-state index in [9.17, 15) is 4.79 Å². The molecule has 0 saturated carbocycles. The van der Waals surface area contributed by atoms with Crippen molar-refractivity contribution in [2.75, 3.05) is 38.5 Å². The number of anilines is 1. The number of carbonyl (C=O) groups excluding carboxylic acids is 1. The van der Waals surface area contributed by atoms with Crippen LogP contribution < -0.4 is 5.73 Å². The molecule has 1 atom stereocenters. The van der Waals surface area contributed by atoms with Crippen molar-refractivity contribution in [1.29, 1.82) is 0 Å². The zero-order valence-electron chi connectivity index (χ0n) is 12.7. The Bertz CT molecular complexity index is 492. The molecule has 2 fully saturated rings. The first-order valence-corrected chi connectivity index (χ1v) is 7.60. The lowest BCUT2D eigenvalue weighted by Crippen LogP contribution is -2.32. The molecule has 2 N–H and O–H groups in total. The molecule has 0 radical (unpaired) electrons. The number of nitrogens with two attached hydrogens (primary N) is 1. The number of hydrogen-bond donors (Lipinski definition) is 1. The second-order valence-electron chi connectivity index (χ2n) is 6.00. The van der Waals surface area contributed by atoms with Crippen LogP contribution in [0.4, 0.5) is 5.69 Å². The van der Waals surface area contributed by atoms with Crippen molar-refractivity contribution < 1.29 is 4.79 Å². The number of halogens is 2. The first kappa shape index (κ1) is 19.1. The van der Waals surface area contributed by atoms with Crippen molar-refractivity contribution in [2.45, 2.75) is 19.3 Å². The molecule has 1 aromatic carbocycles. The van der Waals surface area contributed by atoms with Crippen molar-refractivity contribution in [3.05, 3.63) is 29.8 Å². The van der Waals surface area contributed by atoms with Crippen molar-refractivity contribution in [3.63, 3.8) is 0 Å². The van der Waals surface area contributed by atoms with Gasteiger partial charge in [-0.15, -0.1) is 24.8 Å². The van der Waals surface area contributed by atoms with Crippen LogP contribution in [0.15, 0.2) is 24.3 Å². The van der Waals surface area contributed by atoms with Gasteiger partial charge in [-0.1, -0.05) is 12.1 Å². The SMILES string of the molecule is Cl.Cl.Nc1ccccc1C(=O)N1CCC(CN2CCCC2)C1. The van der Waals surface area contributed by atoms with Crippen molar-refractivity contribution in [2.24, 2.45) is 5.92 Å². The molecule has 2 heterocycles. The Kier molecular flexibility index (Phi) is 7.46. The van der Waals surface area contributed by atoms with Gasteiger partial charge in [0.05, 0.1) is 5.56 Å². The molecule has 1 amide bonds. The third-order valence-electron chi connectivity index (χ3n) is 4.48. The molecule has 2 aliphatic rings. The zero-order valence-corrected chi connectivity index (χ0v) is 14.4. The monoisotopic (exact) mass is 345 g/mol. The van der Waals surface area contributed by atoms with Gasteiger partial charge < -0.3 is 15.5 Å². The maximum atomic E-state index is 12.5. The van der Waals surface area contributed by atoms with Gasteiger partial charge in [0.1, 0.15) is 0 Å². The Labute approximate surface area is 144 Å². The van der Waals surface area contributed by atoms with Crippen LogP contribution in [0.25, 0.3) is 0 Å². The quantitative estimate of drug-likeness (QED) is 0.856. The second-order valence-corrected chi connectivity index (χ2v) is 6.00. The summed E-state index contributed by atoms with van der Waals surface area (Å²) in [5, 5.41) is 0. The molecule has 1 aromatic rings. The molecule has 4 nitrogen and oxygen atoms in total. The normalized spacial score (nSPS) is 21.3. The van der Waals surface area contributed by atoms with E-state index in [0.29, 0.717) is 17.2 Å². The Morgan fingerprint density at radius 3 is 2.50 bits per heavy atom. The van der Waals surface area contributed by atoms with E-state index in [0.717, 1.165) is 26.1 Å². The Balaban J connectivity index is 0.00000121. The molecular weight excluding hydrogens is 321 g/mol. The summed E-state index contributed by atoms with van der Waals surface area (Å²) in [7, 11) is 0. The van der Waals surface area contributed by atoms with Gasteiger partial charge in [-0.05, 0) is 50.4 Å². The third kappa shape index (κ3) is 4.28. The highest BCUT2D eigenvalue weighted by Gasteiger charge is 2.29. The summed E-state index contributed by atoms with van der Waals surface area (Å²) >= 11 is 0. The summed E-state index contributed by atoms with van der Waals surface area (Å²) in [6.45, 7) is 5.36. The topological polar surface area (TPSA) is 49.6 Å². The van der Waals surface area contributed by atoms with Crippen molar-refractivity contribution in [1.82, 2.24) is 9.80 Å². The summed E-state index contributed by atoms with van der Waals surface area (Å²) < 4.78 is 0. The molecule has 2 aliphatic heterocycles. The number of likely N-dealkylation sites (tertiary alicyclic amines) is 2. The Hall–Kier alpha value is -0.970. The smallest absolute Gasteiger partial charge is 0.255 e. The fraction of sp³-hybridized carbons (Fsp3) is 0.562. The molecule has 124 valence electrons. The summed E-state index contributed by atoms with van der Waals surface area (Å²) in [4.78, 5) is 17.0. The van der Waals surface area contributed by atoms with Crippen LogP contribution in [0.3, 0.4) is 0 Å². The maximum Gasteiger partial charge on any atom is 0.255 e. The summed E-state index contributed by atoms with van der Waals surface area (Å²) in [6, 6.07) is 7.37. The standard InChI is InChI=1S/C16H23N3O.2ClH/c17-15-6-2-1-5-14(15)16(20)19-10-7-13(12-19)11-18-8-3-4-9-18;;/h1-2,5-6,13H,3-4,7-12,17H2;2*1H. The minimum Gasteiger partial charge on any atom is -0.398 e. The van der Waals surface area contributed by atoms with E-state index in [-0.39, 0.29) is 30.7 Å². The van der Waals surface area contributed by atoms with Gasteiger partial charge in [-0.25, -0.2) is 0 Å². The van der Waals surface area contributed by atoms with E-state index in [1.807, 2.05) is 23.1 Å². The number of para-hydroxylation sites is 1. The van der Waals surface area contributed by atoms with Crippen LogP contribution in [0, 0.1) is 5.92 Å². The van der Waals surface area contributed by atoms with E-state index in [1.54, 1.807) is 6.07 Å². The van der Waals surface area contributed by atoms with E-state index >= 15 is 0 Å². The van der Waals surface area contributed by atoms with Crippen molar-refractivity contribution >= 4 is 36.4 Å². The molecule has 0 aliphatic carbocycles. The molecule has 0 aromatic heterocycles. The zero-order chi connectivity index (χ0) is 13.9. The Morgan fingerprint density at radius 1 is 1.14 bits per heavy atom. The molecule has 2 saturated heterocycles. The highest BCUT2D eigenvalue weighted by molar-refractivity contribution is 5.99. The van der Waals surface area contributed by atoms with Gasteiger partial charge >= 0.3 is 0 Å². The molecular formula is C16H25Cl2N3O. The van der Waals surface area contributed by atoms with Gasteiger partial charge in [-0.2, -0.15) is 0 Å². The largest absolute Gasteiger partial charge is 0.398 e. The lowest BCUT2D eigenvalue weighted by molar-refractivity contribution is 0.0785. The third-order valence-corrected chi connectivity index (χ3v) is 4.48. The number of carbonyl (C=O) groups is 1. The second kappa shape index (κ2) is 8.61. The molecule has 1 unspecified atom stereocenters. The predicted molar refractivity (Wildman–Crippen MR) is 95.0 cm³/mol. The minimum absolute atomic E-state index is 0. The van der Waals surface area contributed by atoms with Gasteiger partial charge in [0.2, 0.25) is 0 Å². The molecule has 6 heteroatoms. The van der Waals surface area contributed by atoms with Gasteiger partial charge in [-0.3, -0.25) is 4.79 Å². The number of nitrogen functional groups attached to an aromatic ring is 1. The Morgan fingerprint density at radius 2 is 1.82 bits per heavy atom. The van der Waals surface area contributed by atoms with E-state index < -0.39 is 0 Å². The first-order valence-electron chi connectivity index (χ1n) is 7.60. The van der Waals surface area contributed by atoms with Gasteiger partial charge in [0, 0.05) is 25.3 Å². The van der Waals surface area contributed by atoms with Crippen LogP contribution in [-0.2, 0) is 0 Å². The highest BCUT2D eigenvalue weighted by Crippen LogP contribution is 2.23. The fourth-order valence-corrected chi connectivity index (χ4v) is 3.36. The fourth-order valence-electron chi connectivity index (χ4n) is 3.36.